The SMILES string of the molecule is C=C1CC(=O)c2c(Oc3cc(-c4cc(C)cc(C(F)(F)F)c4)cc(Oc4cccc5c4C(=O)OC5=O)c3-c3cc(C)cc(C(F)(F)F)c3)cccc21. The number of aryl methyl sites for hydroxylation is 2. The summed E-state index contributed by atoms with van der Waals surface area (Å²) in [6.07, 6.45) is -9.50. The number of halogens is 6. The third-order valence-electron chi connectivity index (χ3n) is 8.63. The molecule has 0 saturated carbocycles. The smallest absolute Gasteiger partial charge is 0.416 e. The molecule has 0 N–H and O–H groups in total. The predicted octanol–water partition coefficient (Wildman–Crippen LogP) is 11.2. The molecule has 1 heterocycles. The molecule has 0 amide bonds. The van der Waals surface area contributed by atoms with Gasteiger partial charge in [0.15, 0.2) is 5.78 Å². The van der Waals surface area contributed by atoms with Crippen LogP contribution in [-0.2, 0) is 17.1 Å². The number of alkyl halides is 6. The molecular formula is C40H24F6O6. The van der Waals surface area contributed by atoms with Gasteiger partial charge in [0, 0.05) is 6.42 Å². The molecule has 12 heteroatoms. The number of hydrogen-bond acceptors (Lipinski definition) is 6. The van der Waals surface area contributed by atoms with Crippen LogP contribution in [0.15, 0.2) is 91.5 Å². The molecule has 5 aromatic carbocycles. The summed E-state index contributed by atoms with van der Waals surface area (Å²) >= 11 is 0. The van der Waals surface area contributed by atoms with Crippen molar-refractivity contribution in [3.63, 3.8) is 0 Å². The van der Waals surface area contributed by atoms with Crippen molar-refractivity contribution in [1.82, 2.24) is 0 Å². The molecule has 52 heavy (non-hydrogen) atoms. The van der Waals surface area contributed by atoms with Gasteiger partial charge in [-0.25, -0.2) is 9.59 Å². The van der Waals surface area contributed by atoms with E-state index in [1.54, 1.807) is 12.1 Å². The van der Waals surface area contributed by atoms with E-state index in [-0.39, 0.29) is 85.3 Å². The Kier molecular flexibility index (Phi) is 8.08. The van der Waals surface area contributed by atoms with Gasteiger partial charge in [-0.15, -0.1) is 0 Å². The first kappa shape index (κ1) is 34.3. The molecule has 7 rings (SSSR count). The second-order valence-electron chi connectivity index (χ2n) is 12.5. The van der Waals surface area contributed by atoms with Crippen LogP contribution >= 0.6 is 0 Å². The first-order chi connectivity index (χ1) is 24.5. The van der Waals surface area contributed by atoms with Crippen molar-refractivity contribution < 1.29 is 54.9 Å². The van der Waals surface area contributed by atoms with Crippen LogP contribution in [-0.4, -0.2) is 17.7 Å². The van der Waals surface area contributed by atoms with Gasteiger partial charge in [0.1, 0.15) is 28.6 Å². The van der Waals surface area contributed by atoms with Gasteiger partial charge >= 0.3 is 24.3 Å². The molecule has 0 unspecified atom stereocenters. The lowest BCUT2D eigenvalue weighted by Gasteiger charge is -2.21. The molecule has 0 bridgehead atoms. The topological polar surface area (TPSA) is 78.9 Å². The molecule has 2 aliphatic rings. The van der Waals surface area contributed by atoms with Crippen molar-refractivity contribution in [2.45, 2.75) is 32.6 Å². The minimum Gasteiger partial charge on any atom is -0.456 e. The molecule has 0 spiro atoms. The normalized spacial score (nSPS) is 14.0. The Balaban J connectivity index is 1.55. The van der Waals surface area contributed by atoms with E-state index in [0.717, 1.165) is 24.3 Å². The summed E-state index contributed by atoms with van der Waals surface area (Å²) in [4.78, 5) is 38.2. The Morgan fingerprint density at radius 2 is 1.08 bits per heavy atom. The summed E-state index contributed by atoms with van der Waals surface area (Å²) in [5.74, 6) is -2.93. The van der Waals surface area contributed by atoms with Gasteiger partial charge in [0.25, 0.3) is 0 Å². The Morgan fingerprint density at radius 3 is 1.65 bits per heavy atom. The van der Waals surface area contributed by atoms with Gasteiger partial charge in [0.05, 0.1) is 27.8 Å². The number of benzene rings is 5. The number of carbonyl (C=O) groups is 3. The largest absolute Gasteiger partial charge is 0.456 e. The van der Waals surface area contributed by atoms with Crippen molar-refractivity contribution in [2.24, 2.45) is 0 Å². The maximum Gasteiger partial charge on any atom is 0.416 e. The standard InChI is InChI=1S/C40H24F6O6/c1-19-10-22(15-25(12-19)39(41,42)43)23-17-32(50-30-8-4-6-27-21(3)14-29(47)35(27)30)34(24-11-20(2)13-26(16-24)40(44,45)46)33(18-23)51-31-9-5-7-28-36(31)38(49)52-37(28)48/h4-13,15-18H,3,14H2,1-2H3. The highest BCUT2D eigenvalue weighted by Gasteiger charge is 2.36. The minimum atomic E-state index is -4.78. The summed E-state index contributed by atoms with van der Waals surface area (Å²) < 4.78 is 102. The van der Waals surface area contributed by atoms with Crippen LogP contribution in [0.25, 0.3) is 27.8 Å². The fourth-order valence-electron chi connectivity index (χ4n) is 6.41. The Morgan fingerprint density at radius 1 is 0.577 bits per heavy atom. The summed E-state index contributed by atoms with van der Waals surface area (Å²) in [5, 5.41) is 0. The molecule has 262 valence electrons. The molecule has 0 aromatic heterocycles. The highest BCUT2D eigenvalue weighted by Crippen LogP contribution is 2.49. The number of ether oxygens (including phenoxy) is 3. The van der Waals surface area contributed by atoms with Gasteiger partial charge in [-0.05, 0) is 107 Å². The molecule has 0 atom stereocenters. The number of rotatable bonds is 6. The Labute approximate surface area is 291 Å². The lowest BCUT2D eigenvalue weighted by Crippen LogP contribution is -2.06. The third-order valence-corrected chi connectivity index (χ3v) is 8.63. The van der Waals surface area contributed by atoms with E-state index < -0.39 is 35.4 Å². The highest BCUT2D eigenvalue weighted by atomic mass is 19.4. The molecule has 1 aliphatic carbocycles. The van der Waals surface area contributed by atoms with Crippen molar-refractivity contribution in [1.29, 1.82) is 0 Å². The molecular weight excluding hydrogens is 690 g/mol. The van der Waals surface area contributed by atoms with Crippen molar-refractivity contribution in [3.8, 4) is 45.3 Å². The van der Waals surface area contributed by atoms with Crippen molar-refractivity contribution >= 4 is 23.3 Å². The predicted molar refractivity (Wildman–Crippen MR) is 178 cm³/mol. The maximum atomic E-state index is 14.2. The second kappa shape index (κ2) is 12.3. The first-order valence-corrected chi connectivity index (χ1v) is 15.6. The van der Waals surface area contributed by atoms with E-state index in [1.165, 1.54) is 62.4 Å². The van der Waals surface area contributed by atoms with Crippen molar-refractivity contribution in [2.75, 3.05) is 0 Å². The number of esters is 2. The number of Topliss-reactive ketones (excluding diaryl/α,β-unsaturated/α-hetero) is 1. The van der Waals surface area contributed by atoms with Crippen LogP contribution in [0.5, 0.6) is 23.0 Å². The van der Waals surface area contributed by atoms with E-state index in [0.29, 0.717) is 11.1 Å². The minimum absolute atomic E-state index is 0.00123. The van der Waals surface area contributed by atoms with Crippen LogP contribution in [0, 0.1) is 13.8 Å². The number of fused-ring (bicyclic) bond motifs is 2. The number of carbonyl (C=O) groups excluding carboxylic acids is 3. The van der Waals surface area contributed by atoms with Gasteiger partial charge in [-0.1, -0.05) is 36.9 Å². The molecule has 0 radical (unpaired) electrons. The first-order valence-electron chi connectivity index (χ1n) is 15.6. The summed E-state index contributed by atoms with van der Waals surface area (Å²) in [7, 11) is 0. The number of allylic oxidation sites excluding steroid dienone is 1. The monoisotopic (exact) mass is 714 g/mol. The van der Waals surface area contributed by atoms with Crippen LogP contribution < -0.4 is 9.47 Å². The van der Waals surface area contributed by atoms with E-state index in [1.807, 2.05) is 0 Å². The van der Waals surface area contributed by atoms with E-state index >= 15 is 0 Å². The fourth-order valence-corrected chi connectivity index (χ4v) is 6.41. The molecule has 0 fully saturated rings. The zero-order valence-electron chi connectivity index (χ0n) is 27.2. The van der Waals surface area contributed by atoms with Gasteiger partial charge in [-0.3, -0.25) is 4.79 Å². The Bertz CT molecular complexity index is 2290. The zero-order chi connectivity index (χ0) is 37.3. The lowest BCUT2D eigenvalue weighted by molar-refractivity contribution is -0.138. The van der Waals surface area contributed by atoms with Crippen LogP contribution in [0.4, 0.5) is 26.3 Å². The van der Waals surface area contributed by atoms with Crippen LogP contribution in [0.2, 0.25) is 0 Å². The maximum absolute atomic E-state index is 14.2. The number of cyclic esters (lactones) is 2. The van der Waals surface area contributed by atoms with Crippen LogP contribution in [0.1, 0.15) is 65.3 Å². The van der Waals surface area contributed by atoms with Crippen LogP contribution in [0.3, 0.4) is 0 Å². The number of hydrogen-bond donors (Lipinski definition) is 0. The third kappa shape index (κ3) is 6.21. The quantitative estimate of drug-likeness (QED) is 0.0990. The summed E-state index contributed by atoms with van der Waals surface area (Å²) in [5.41, 5.74) is -0.757. The molecule has 1 aliphatic heterocycles. The zero-order valence-corrected chi connectivity index (χ0v) is 27.2. The Hall–Kier alpha value is -6.17. The summed E-state index contributed by atoms with van der Waals surface area (Å²) in [6.45, 7) is 6.85. The van der Waals surface area contributed by atoms with Gasteiger partial charge < -0.3 is 14.2 Å². The molecule has 5 aromatic rings. The van der Waals surface area contributed by atoms with E-state index in [9.17, 15) is 40.7 Å². The highest BCUT2D eigenvalue weighted by molar-refractivity contribution is 6.16. The van der Waals surface area contributed by atoms with Gasteiger partial charge in [-0.2, -0.15) is 26.3 Å². The average Bonchev–Trinajstić information content (AvgIpc) is 3.53. The summed E-state index contributed by atoms with van der Waals surface area (Å²) in [6, 6.07) is 18.0. The lowest BCUT2D eigenvalue weighted by atomic mass is 9.94. The molecule has 0 saturated heterocycles. The van der Waals surface area contributed by atoms with E-state index in [2.05, 4.69) is 6.58 Å². The number of ketones is 1. The average molecular weight is 715 g/mol. The second-order valence-corrected chi connectivity index (χ2v) is 12.5. The molecule has 6 nitrogen and oxygen atoms in total. The fraction of sp³-hybridized carbons (Fsp3) is 0.125. The van der Waals surface area contributed by atoms with Gasteiger partial charge in [0.2, 0.25) is 0 Å². The van der Waals surface area contributed by atoms with E-state index in [4.69, 9.17) is 14.2 Å². The van der Waals surface area contributed by atoms with Crippen molar-refractivity contribution in [3.05, 3.63) is 136 Å².